The molecule has 0 radical (unpaired) electrons. The number of aromatic amines is 1. The average Bonchev–Trinajstić information content (AvgIpc) is 2.95. The van der Waals surface area contributed by atoms with Gasteiger partial charge < -0.3 is 15.6 Å². The van der Waals surface area contributed by atoms with Crippen molar-refractivity contribution in [3.63, 3.8) is 0 Å². The van der Waals surface area contributed by atoms with Crippen molar-refractivity contribution < 1.29 is 9.84 Å². The molecule has 0 saturated carbocycles. The van der Waals surface area contributed by atoms with E-state index in [0.29, 0.717) is 11.5 Å². The van der Waals surface area contributed by atoms with Crippen molar-refractivity contribution in [2.75, 3.05) is 0 Å². The number of benzene rings is 1. The first-order valence-corrected chi connectivity index (χ1v) is 7.59. The van der Waals surface area contributed by atoms with Gasteiger partial charge in [0.15, 0.2) is 0 Å². The van der Waals surface area contributed by atoms with Crippen LogP contribution in [0.1, 0.15) is 42.5 Å². The van der Waals surface area contributed by atoms with E-state index in [1.165, 1.54) is 0 Å². The first-order chi connectivity index (χ1) is 11.2. The average molecular weight is 310 g/mol. The summed E-state index contributed by atoms with van der Waals surface area (Å²) >= 11 is 0. The van der Waals surface area contributed by atoms with Gasteiger partial charge in [0.25, 0.3) is 0 Å². The van der Waals surface area contributed by atoms with Gasteiger partial charge in [-0.3, -0.25) is 5.10 Å². The van der Waals surface area contributed by atoms with Crippen LogP contribution in [0.15, 0.2) is 35.7 Å². The van der Waals surface area contributed by atoms with Crippen LogP contribution in [0, 0.1) is 11.3 Å². The summed E-state index contributed by atoms with van der Waals surface area (Å²) in [5.74, 6) is 0.335. The highest BCUT2D eigenvalue weighted by Crippen LogP contribution is 2.43. The van der Waals surface area contributed by atoms with Gasteiger partial charge in [-0.2, -0.15) is 5.26 Å². The monoisotopic (exact) mass is 310 g/mol. The van der Waals surface area contributed by atoms with Crippen molar-refractivity contribution >= 4 is 0 Å². The maximum Gasteiger partial charge on any atom is 0.244 e. The van der Waals surface area contributed by atoms with Crippen molar-refractivity contribution in [1.29, 1.82) is 5.26 Å². The fraction of sp³-hybridized carbons (Fsp3) is 0.294. The molecule has 0 saturated heterocycles. The molecule has 1 unspecified atom stereocenters. The third-order valence-electron chi connectivity index (χ3n) is 4.02. The number of phenols is 1. The van der Waals surface area contributed by atoms with E-state index < -0.39 is 0 Å². The Balaban J connectivity index is 2.13. The number of nitrogens with zero attached hydrogens (tertiary/aromatic N) is 2. The molecule has 0 aliphatic carbocycles. The molecule has 0 amide bonds. The smallest absolute Gasteiger partial charge is 0.244 e. The lowest BCUT2D eigenvalue weighted by Crippen LogP contribution is -2.21. The van der Waals surface area contributed by atoms with E-state index in [-0.39, 0.29) is 17.6 Å². The Morgan fingerprint density at radius 3 is 2.78 bits per heavy atom. The summed E-state index contributed by atoms with van der Waals surface area (Å²) in [5, 5.41) is 26.3. The number of H-pyrrole nitrogens is 1. The van der Waals surface area contributed by atoms with Gasteiger partial charge in [0.05, 0.1) is 5.92 Å². The van der Waals surface area contributed by atoms with Crippen LogP contribution in [0.5, 0.6) is 11.6 Å². The molecule has 2 aromatic rings. The summed E-state index contributed by atoms with van der Waals surface area (Å²) in [6.07, 6.45) is 2.90. The summed E-state index contributed by atoms with van der Waals surface area (Å²) < 4.78 is 5.51. The minimum atomic E-state index is -0.338. The molecule has 0 spiro atoms. The van der Waals surface area contributed by atoms with E-state index in [9.17, 15) is 10.4 Å². The first-order valence-electron chi connectivity index (χ1n) is 7.59. The molecule has 2 heterocycles. The van der Waals surface area contributed by atoms with Crippen LogP contribution in [0.4, 0.5) is 0 Å². The molecule has 23 heavy (non-hydrogen) atoms. The number of aromatic hydroxyl groups is 1. The lowest BCUT2D eigenvalue weighted by atomic mass is 9.83. The largest absolute Gasteiger partial charge is 0.508 e. The van der Waals surface area contributed by atoms with Gasteiger partial charge in [0, 0.05) is 11.3 Å². The third kappa shape index (κ3) is 2.61. The molecular formula is C17H18N4O2. The molecule has 1 aromatic carbocycles. The molecule has 3 rings (SSSR count). The zero-order valence-corrected chi connectivity index (χ0v) is 12.8. The number of ether oxygens (including phenoxy) is 1. The lowest BCUT2D eigenvalue weighted by Gasteiger charge is -2.24. The summed E-state index contributed by atoms with van der Waals surface area (Å²) in [4.78, 5) is 0. The van der Waals surface area contributed by atoms with Crippen LogP contribution < -0.4 is 10.5 Å². The Kier molecular flexibility index (Phi) is 3.94. The van der Waals surface area contributed by atoms with Crippen molar-refractivity contribution in [2.45, 2.75) is 32.1 Å². The Morgan fingerprint density at radius 1 is 1.39 bits per heavy atom. The maximum atomic E-state index is 9.53. The van der Waals surface area contributed by atoms with Crippen LogP contribution in [0.25, 0.3) is 0 Å². The maximum absolute atomic E-state index is 9.53. The number of aryl methyl sites for hydroxylation is 1. The number of aromatic nitrogens is 2. The number of nitrogens with two attached hydrogens (primary N) is 1. The van der Waals surface area contributed by atoms with Crippen molar-refractivity contribution in [3.8, 4) is 17.7 Å². The van der Waals surface area contributed by atoms with Crippen molar-refractivity contribution in [3.05, 3.63) is 52.5 Å². The minimum Gasteiger partial charge on any atom is -0.508 e. The van der Waals surface area contributed by atoms with E-state index in [2.05, 4.69) is 23.2 Å². The predicted molar refractivity (Wildman–Crippen MR) is 84.6 cm³/mol. The summed E-state index contributed by atoms with van der Waals surface area (Å²) in [6.45, 7) is 2.12. The minimum absolute atomic E-state index is 0.0756. The number of nitriles is 1. The van der Waals surface area contributed by atoms with Gasteiger partial charge in [-0.25, -0.2) is 0 Å². The van der Waals surface area contributed by atoms with E-state index in [4.69, 9.17) is 10.5 Å². The number of hydrogen-bond acceptors (Lipinski definition) is 5. The Morgan fingerprint density at radius 2 is 2.13 bits per heavy atom. The first kappa shape index (κ1) is 15.0. The van der Waals surface area contributed by atoms with Gasteiger partial charge in [-0.1, -0.05) is 25.5 Å². The number of fused-ring (bicyclic) bond motifs is 1. The Hall–Kier alpha value is -2.94. The number of phenolic OH excluding ortho intramolecular Hbond substituents is 1. The number of unbranched alkanes of at least 4 members (excludes halogenated alkanes) is 1. The van der Waals surface area contributed by atoms with Gasteiger partial charge in [-0.15, -0.1) is 5.10 Å². The van der Waals surface area contributed by atoms with E-state index >= 15 is 0 Å². The van der Waals surface area contributed by atoms with E-state index in [1.54, 1.807) is 24.3 Å². The zero-order valence-electron chi connectivity index (χ0n) is 12.8. The summed E-state index contributed by atoms with van der Waals surface area (Å²) in [5.41, 5.74) is 8.95. The quantitative estimate of drug-likeness (QED) is 0.804. The SMILES string of the molecule is CCCCc1[nH]nc2c1C(c1ccc(O)cc1)C(C#N)=C(N)O2. The van der Waals surface area contributed by atoms with Crippen LogP contribution in [0.3, 0.4) is 0 Å². The third-order valence-corrected chi connectivity index (χ3v) is 4.02. The molecule has 6 heteroatoms. The second-order valence-corrected chi connectivity index (χ2v) is 5.54. The standard InChI is InChI=1S/C17H18N4O2/c1-2-3-4-13-15-14(10-5-7-11(22)8-6-10)12(9-18)16(19)23-17(15)21-20-13/h5-8,14,22H,2-4,19H2,1H3,(H,20,21). The number of nitrogens with one attached hydrogen (secondary N) is 1. The number of rotatable bonds is 4. The fourth-order valence-corrected chi connectivity index (χ4v) is 2.85. The fourth-order valence-electron chi connectivity index (χ4n) is 2.85. The van der Waals surface area contributed by atoms with Crippen LogP contribution >= 0.6 is 0 Å². The molecule has 6 nitrogen and oxygen atoms in total. The lowest BCUT2D eigenvalue weighted by molar-refractivity contribution is 0.378. The normalized spacial score (nSPS) is 16.6. The molecule has 4 N–H and O–H groups in total. The van der Waals surface area contributed by atoms with Gasteiger partial charge in [0.1, 0.15) is 17.4 Å². The topological polar surface area (TPSA) is 108 Å². The predicted octanol–water partition coefficient (Wildman–Crippen LogP) is 2.68. The molecule has 1 aliphatic rings. The van der Waals surface area contributed by atoms with Crippen molar-refractivity contribution in [2.24, 2.45) is 5.73 Å². The van der Waals surface area contributed by atoms with Gasteiger partial charge in [-0.05, 0) is 30.5 Å². The molecule has 0 bridgehead atoms. The zero-order chi connectivity index (χ0) is 16.4. The van der Waals surface area contributed by atoms with Gasteiger partial charge in [0.2, 0.25) is 11.8 Å². The highest BCUT2D eigenvalue weighted by Gasteiger charge is 2.34. The van der Waals surface area contributed by atoms with Crippen LogP contribution in [-0.4, -0.2) is 15.3 Å². The van der Waals surface area contributed by atoms with E-state index in [1.807, 2.05) is 0 Å². The highest BCUT2D eigenvalue weighted by atomic mass is 16.5. The Labute approximate surface area is 134 Å². The Bertz CT molecular complexity index is 784. The van der Waals surface area contributed by atoms with E-state index in [0.717, 1.165) is 36.1 Å². The molecule has 0 fully saturated rings. The van der Waals surface area contributed by atoms with Crippen molar-refractivity contribution in [1.82, 2.24) is 10.2 Å². The highest BCUT2D eigenvalue weighted by molar-refractivity contribution is 5.55. The number of allylic oxidation sites excluding steroid dienone is 1. The van der Waals surface area contributed by atoms with Crippen LogP contribution in [-0.2, 0) is 6.42 Å². The van der Waals surface area contributed by atoms with Crippen LogP contribution in [0.2, 0.25) is 0 Å². The summed E-state index contributed by atoms with van der Waals surface area (Å²) in [7, 11) is 0. The van der Waals surface area contributed by atoms with Gasteiger partial charge >= 0.3 is 0 Å². The molecular weight excluding hydrogens is 292 g/mol. The molecule has 1 aliphatic heterocycles. The summed E-state index contributed by atoms with van der Waals surface area (Å²) in [6, 6.07) is 8.93. The molecule has 1 atom stereocenters. The molecule has 1 aromatic heterocycles. The number of hydrogen-bond donors (Lipinski definition) is 3. The second kappa shape index (κ2) is 6.05. The molecule has 118 valence electrons. The second-order valence-electron chi connectivity index (χ2n) is 5.54.